The molecule has 2 heterocycles. The Kier molecular flexibility index (Phi) is 2.57. The first kappa shape index (κ1) is 10.9. The van der Waals surface area contributed by atoms with E-state index in [1.807, 2.05) is 18.3 Å². The van der Waals surface area contributed by atoms with E-state index in [4.69, 9.17) is 11.6 Å². The number of nitrogens with zero attached hydrogens (tertiary/aromatic N) is 3. The predicted molar refractivity (Wildman–Crippen MR) is 69.0 cm³/mol. The number of rotatable bonds is 2. The molecule has 0 aliphatic carbocycles. The van der Waals surface area contributed by atoms with Crippen molar-refractivity contribution in [3.8, 4) is 5.69 Å². The van der Waals surface area contributed by atoms with Crippen LogP contribution in [0.5, 0.6) is 0 Å². The fraction of sp³-hybridized carbons (Fsp3) is 0. The van der Waals surface area contributed by atoms with Gasteiger partial charge >= 0.3 is 0 Å². The fourth-order valence-electron chi connectivity index (χ4n) is 1.77. The third-order valence-electron chi connectivity index (χ3n) is 2.64. The second-order valence-electron chi connectivity index (χ2n) is 3.83. The summed E-state index contributed by atoms with van der Waals surface area (Å²) in [6.07, 6.45) is 5.27. The average Bonchev–Trinajstić information content (AvgIpc) is 2.82. The van der Waals surface area contributed by atoms with Crippen LogP contribution < -0.4 is 0 Å². The highest BCUT2D eigenvalue weighted by Gasteiger charge is 2.06. The monoisotopic (exact) mass is 257 g/mol. The van der Waals surface area contributed by atoms with Gasteiger partial charge in [-0.3, -0.25) is 9.78 Å². The van der Waals surface area contributed by atoms with Crippen molar-refractivity contribution in [2.75, 3.05) is 0 Å². The van der Waals surface area contributed by atoms with Crippen molar-refractivity contribution < 1.29 is 4.79 Å². The van der Waals surface area contributed by atoms with Gasteiger partial charge in [-0.25, -0.2) is 4.68 Å². The summed E-state index contributed by atoms with van der Waals surface area (Å²) in [5.74, 6) is 0. The molecule has 3 rings (SSSR count). The lowest BCUT2D eigenvalue weighted by Crippen LogP contribution is -1.93. The van der Waals surface area contributed by atoms with Crippen LogP contribution in [-0.2, 0) is 0 Å². The molecule has 0 spiro atoms. The number of hydrogen-bond acceptors (Lipinski definition) is 3. The molecule has 0 amide bonds. The van der Waals surface area contributed by atoms with E-state index in [0.717, 1.165) is 16.6 Å². The highest BCUT2D eigenvalue weighted by Crippen LogP contribution is 2.18. The number of hydrogen-bond donors (Lipinski definition) is 0. The highest BCUT2D eigenvalue weighted by atomic mass is 35.5. The van der Waals surface area contributed by atoms with Crippen molar-refractivity contribution in [3.63, 3.8) is 0 Å². The Labute approximate surface area is 108 Å². The van der Waals surface area contributed by atoms with E-state index < -0.39 is 5.24 Å². The third-order valence-corrected chi connectivity index (χ3v) is 2.86. The summed E-state index contributed by atoms with van der Waals surface area (Å²) >= 11 is 5.45. The Morgan fingerprint density at radius 3 is 2.89 bits per heavy atom. The van der Waals surface area contributed by atoms with Gasteiger partial charge in [0.2, 0.25) is 0 Å². The van der Waals surface area contributed by atoms with Crippen LogP contribution in [0, 0.1) is 0 Å². The molecular weight excluding hydrogens is 250 g/mol. The molecule has 0 aliphatic rings. The molecule has 0 aliphatic heterocycles. The summed E-state index contributed by atoms with van der Waals surface area (Å²) in [5, 5.41) is 4.81. The van der Waals surface area contributed by atoms with Crippen molar-refractivity contribution in [2.45, 2.75) is 0 Å². The lowest BCUT2D eigenvalue weighted by Gasteiger charge is -1.97. The average molecular weight is 258 g/mol. The predicted octanol–water partition coefficient (Wildman–Crippen LogP) is 2.80. The SMILES string of the molecule is O=C(Cl)c1ccc2nn(-c3cccnc3)cc2c1. The number of carbonyl (C=O) groups excluding carboxylic acids is 1. The molecule has 0 fully saturated rings. The molecule has 18 heavy (non-hydrogen) atoms. The lowest BCUT2D eigenvalue weighted by atomic mass is 10.2. The normalized spacial score (nSPS) is 10.7. The molecule has 0 saturated carbocycles. The van der Waals surface area contributed by atoms with E-state index in [9.17, 15) is 4.79 Å². The summed E-state index contributed by atoms with van der Waals surface area (Å²) < 4.78 is 1.72. The minimum atomic E-state index is -0.467. The van der Waals surface area contributed by atoms with Gasteiger partial charge in [0.15, 0.2) is 0 Å². The summed E-state index contributed by atoms with van der Waals surface area (Å²) in [6.45, 7) is 0. The van der Waals surface area contributed by atoms with Crippen molar-refractivity contribution in [2.24, 2.45) is 0 Å². The number of aromatic nitrogens is 3. The van der Waals surface area contributed by atoms with Crippen LogP contribution in [0.2, 0.25) is 0 Å². The smallest absolute Gasteiger partial charge is 0.252 e. The van der Waals surface area contributed by atoms with Crippen LogP contribution in [0.1, 0.15) is 10.4 Å². The van der Waals surface area contributed by atoms with Gasteiger partial charge in [0.05, 0.1) is 17.4 Å². The lowest BCUT2D eigenvalue weighted by molar-refractivity contribution is 0.108. The number of carbonyl (C=O) groups is 1. The zero-order valence-electron chi connectivity index (χ0n) is 9.25. The molecule has 4 nitrogen and oxygen atoms in total. The second-order valence-corrected chi connectivity index (χ2v) is 4.18. The maximum absolute atomic E-state index is 11.1. The van der Waals surface area contributed by atoms with Crippen LogP contribution in [0.25, 0.3) is 16.6 Å². The van der Waals surface area contributed by atoms with Gasteiger partial charge in [-0.1, -0.05) is 0 Å². The van der Waals surface area contributed by atoms with Crippen molar-refractivity contribution >= 4 is 27.7 Å². The molecule has 0 unspecified atom stereocenters. The zero-order valence-corrected chi connectivity index (χ0v) is 10.0. The molecule has 2 aromatic heterocycles. The van der Waals surface area contributed by atoms with Crippen molar-refractivity contribution in [3.05, 3.63) is 54.5 Å². The highest BCUT2D eigenvalue weighted by molar-refractivity contribution is 6.67. The molecule has 1 aromatic carbocycles. The van der Waals surface area contributed by atoms with Crippen LogP contribution in [0.3, 0.4) is 0 Å². The molecule has 0 radical (unpaired) electrons. The van der Waals surface area contributed by atoms with Gasteiger partial charge in [0, 0.05) is 23.3 Å². The fourth-order valence-corrected chi connectivity index (χ4v) is 1.89. The van der Waals surface area contributed by atoms with Crippen LogP contribution in [0.15, 0.2) is 48.9 Å². The topological polar surface area (TPSA) is 47.8 Å². The first-order valence-corrected chi connectivity index (χ1v) is 5.71. The molecule has 5 heteroatoms. The van der Waals surface area contributed by atoms with Gasteiger partial charge in [-0.15, -0.1) is 0 Å². The van der Waals surface area contributed by atoms with Gasteiger partial charge in [-0.2, -0.15) is 5.10 Å². The minimum Gasteiger partial charge on any atom is -0.276 e. The Morgan fingerprint density at radius 1 is 1.28 bits per heavy atom. The van der Waals surface area contributed by atoms with E-state index >= 15 is 0 Å². The summed E-state index contributed by atoms with van der Waals surface area (Å²) in [6, 6.07) is 8.92. The van der Waals surface area contributed by atoms with Crippen LogP contribution in [-0.4, -0.2) is 20.0 Å². The molecule has 0 saturated heterocycles. The summed E-state index contributed by atoms with van der Waals surface area (Å²) in [7, 11) is 0. The van der Waals surface area contributed by atoms with E-state index in [1.165, 1.54) is 0 Å². The number of fused-ring (bicyclic) bond motifs is 1. The number of benzene rings is 1. The molecule has 0 N–H and O–H groups in total. The molecule has 0 bridgehead atoms. The second kappa shape index (κ2) is 4.23. The largest absolute Gasteiger partial charge is 0.276 e. The molecular formula is C13H8ClN3O. The quantitative estimate of drug-likeness (QED) is 0.663. The first-order chi connectivity index (χ1) is 8.74. The van der Waals surface area contributed by atoms with Crippen molar-refractivity contribution in [1.82, 2.24) is 14.8 Å². The Morgan fingerprint density at radius 2 is 2.17 bits per heavy atom. The standard InChI is InChI=1S/C13H8ClN3O/c14-13(18)9-3-4-12-10(6-9)8-17(16-12)11-2-1-5-15-7-11/h1-8H. The van der Waals surface area contributed by atoms with Crippen LogP contribution in [0.4, 0.5) is 0 Å². The van der Waals surface area contributed by atoms with E-state index in [2.05, 4.69) is 10.1 Å². The Balaban J connectivity index is 2.14. The Hall–Kier alpha value is -2.20. The van der Waals surface area contributed by atoms with Gasteiger partial charge in [0.25, 0.3) is 5.24 Å². The van der Waals surface area contributed by atoms with Gasteiger partial charge < -0.3 is 0 Å². The molecule has 0 atom stereocenters. The molecule has 3 aromatic rings. The van der Waals surface area contributed by atoms with E-state index in [-0.39, 0.29) is 0 Å². The zero-order chi connectivity index (χ0) is 12.5. The van der Waals surface area contributed by atoms with Gasteiger partial charge in [0.1, 0.15) is 0 Å². The van der Waals surface area contributed by atoms with Gasteiger partial charge in [-0.05, 0) is 41.9 Å². The maximum Gasteiger partial charge on any atom is 0.252 e. The van der Waals surface area contributed by atoms with Crippen LogP contribution >= 0.6 is 11.6 Å². The van der Waals surface area contributed by atoms with Crippen molar-refractivity contribution in [1.29, 1.82) is 0 Å². The third kappa shape index (κ3) is 1.87. The molecule has 88 valence electrons. The summed E-state index contributed by atoms with van der Waals surface area (Å²) in [4.78, 5) is 15.1. The maximum atomic E-state index is 11.1. The number of halogens is 1. The Bertz CT molecular complexity index is 721. The first-order valence-electron chi connectivity index (χ1n) is 5.34. The minimum absolute atomic E-state index is 0.467. The summed E-state index contributed by atoms with van der Waals surface area (Å²) in [5.41, 5.74) is 2.14. The number of pyridine rings is 1. The van der Waals surface area contributed by atoms with E-state index in [0.29, 0.717) is 5.56 Å². The van der Waals surface area contributed by atoms with E-state index in [1.54, 1.807) is 35.3 Å².